The first kappa shape index (κ1) is 23.0. The number of hydrogen-bond acceptors (Lipinski definition) is 5. The predicted octanol–water partition coefficient (Wildman–Crippen LogP) is 3.92. The maximum atomic E-state index is 5.90. The number of nitrogens with zero attached hydrogens (tertiary/aromatic N) is 3. The molecule has 0 aliphatic rings. The maximum Gasteiger partial charge on any atom is 0.228 e. The normalized spacial score (nSPS) is 10.9. The minimum absolute atomic E-state index is 0. The van der Waals surface area contributed by atoms with Gasteiger partial charge in [0.15, 0.2) is 5.96 Å². The second-order valence-corrected chi connectivity index (χ2v) is 6.41. The molecule has 154 valence electrons. The number of rotatable bonds is 7. The molecule has 0 spiro atoms. The molecule has 0 unspecified atom stereocenters. The van der Waals surface area contributed by atoms with Gasteiger partial charge in [-0.2, -0.15) is 4.98 Å². The van der Waals surface area contributed by atoms with Crippen LogP contribution in [-0.4, -0.2) is 36.8 Å². The molecule has 7 nitrogen and oxygen atoms in total. The summed E-state index contributed by atoms with van der Waals surface area (Å²) in [7, 11) is 3.38. The molecule has 0 saturated carbocycles. The smallest absolute Gasteiger partial charge is 0.228 e. The molecule has 0 bridgehead atoms. The molecule has 0 aliphatic heterocycles. The van der Waals surface area contributed by atoms with E-state index in [1.54, 1.807) is 26.3 Å². The zero-order chi connectivity index (χ0) is 19.8. The highest BCUT2D eigenvalue weighted by atomic mass is 127. The monoisotopic (exact) mass is 527 g/mol. The summed E-state index contributed by atoms with van der Waals surface area (Å²) in [5.74, 6) is 2.63. The van der Waals surface area contributed by atoms with Crippen LogP contribution in [0.25, 0.3) is 11.4 Å². The van der Waals surface area contributed by atoms with E-state index in [9.17, 15) is 0 Å². The molecule has 3 aromatic rings. The van der Waals surface area contributed by atoms with Crippen molar-refractivity contribution in [3.63, 3.8) is 0 Å². The molecule has 0 saturated heterocycles. The molecule has 0 fully saturated rings. The van der Waals surface area contributed by atoms with E-state index in [0.717, 1.165) is 16.9 Å². The van der Waals surface area contributed by atoms with E-state index in [0.29, 0.717) is 42.2 Å². The molecule has 9 heteroatoms. The Bertz CT molecular complexity index is 931. The van der Waals surface area contributed by atoms with Crippen molar-refractivity contribution < 1.29 is 9.26 Å². The summed E-state index contributed by atoms with van der Waals surface area (Å²) in [5, 5.41) is 11.2. The lowest BCUT2D eigenvalue weighted by molar-refractivity contribution is 0.378. The standard InChI is InChI=1S/C20H22ClN5O2.HI/c1-22-20(24-13-14-4-3-5-17(12-14)27-2)23-11-10-18-25-19(26-28-18)15-6-8-16(21)9-7-15;/h3-9,12H,10-11,13H2,1-2H3,(H2,22,23,24);1H. The molecule has 3 rings (SSSR count). The number of halogens is 2. The summed E-state index contributed by atoms with van der Waals surface area (Å²) in [4.78, 5) is 8.63. The van der Waals surface area contributed by atoms with Crippen molar-refractivity contribution in [1.29, 1.82) is 0 Å². The van der Waals surface area contributed by atoms with Gasteiger partial charge in [0.2, 0.25) is 11.7 Å². The summed E-state index contributed by atoms with van der Waals surface area (Å²) in [6.45, 7) is 1.25. The molecule has 2 N–H and O–H groups in total. The lowest BCUT2D eigenvalue weighted by atomic mass is 10.2. The fourth-order valence-electron chi connectivity index (χ4n) is 2.55. The summed E-state index contributed by atoms with van der Waals surface area (Å²) in [6.07, 6.45) is 0.584. The lowest BCUT2D eigenvalue weighted by Gasteiger charge is -2.11. The quantitative estimate of drug-likeness (QED) is 0.275. The Morgan fingerprint density at radius 3 is 2.69 bits per heavy atom. The van der Waals surface area contributed by atoms with Gasteiger partial charge in [-0.05, 0) is 42.0 Å². The number of aromatic nitrogens is 2. The molecular weight excluding hydrogens is 505 g/mol. The Morgan fingerprint density at radius 2 is 1.97 bits per heavy atom. The van der Waals surface area contributed by atoms with Gasteiger partial charge in [0.05, 0.1) is 7.11 Å². The van der Waals surface area contributed by atoms with E-state index >= 15 is 0 Å². The van der Waals surface area contributed by atoms with Crippen LogP contribution in [0, 0.1) is 0 Å². The molecule has 0 aliphatic carbocycles. The molecule has 1 aromatic heterocycles. The van der Waals surface area contributed by atoms with Crippen molar-refractivity contribution in [3.05, 3.63) is 65.0 Å². The van der Waals surface area contributed by atoms with Crippen molar-refractivity contribution in [3.8, 4) is 17.1 Å². The van der Waals surface area contributed by atoms with E-state index in [1.165, 1.54) is 0 Å². The van der Waals surface area contributed by atoms with E-state index in [4.69, 9.17) is 20.9 Å². The van der Waals surface area contributed by atoms with Crippen LogP contribution in [0.1, 0.15) is 11.5 Å². The van der Waals surface area contributed by atoms with Crippen molar-refractivity contribution in [2.75, 3.05) is 20.7 Å². The largest absolute Gasteiger partial charge is 0.497 e. The average Bonchev–Trinajstić information content (AvgIpc) is 3.20. The van der Waals surface area contributed by atoms with Gasteiger partial charge in [0, 0.05) is 37.1 Å². The Morgan fingerprint density at radius 1 is 1.17 bits per heavy atom. The van der Waals surface area contributed by atoms with Gasteiger partial charge in [-0.1, -0.05) is 28.9 Å². The molecule has 2 aromatic carbocycles. The lowest BCUT2D eigenvalue weighted by Crippen LogP contribution is -2.37. The Hall–Kier alpha value is -2.33. The van der Waals surface area contributed by atoms with Gasteiger partial charge in [-0.15, -0.1) is 24.0 Å². The van der Waals surface area contributed by atoms with Gasteiger partial charge in [0.25, 0.3) is 0 Å². The zero-order valence-electron chi connectivity index (χ0n) is 16.2. The van der Waals surface area contributed by atoms with Crippen LogP contribution in [0.3, 0.4) is 0 Å². The highest BCUT2D eigenvalue weighted by molar-refractivity contribution is 14.0. The van der Waals surface area contributed by atoms with Gasteiger partial charge in [-0.25, -0.2) is 0 Å². The Labute approximate surface area is 191 Å². The second kappa shape index (κ2) is 11.6. The van der Waals surface area contributed by atoms with Crippen molar-refractivity contribution in [1.82, 2.24) is 20.8 Å². The molecule has 0 atom stereocenters. The van der Waals surface area contributed by atoms with Gasteiger partial charge >= 0.3 is 0 Å². The predicted molar refractivity (Wildman–Crippen MR) is 125 cm³/mol. The van der Waals surface area contributed by atoms with Crippen LogP contribution in [0.2, 0.25) is 5.02 Å². The first-order valence-electron chi connectivity index (χ1n) is 8.84. The number of hydrogen-bond donors (Lipinski definition) is 2. The summed E-state index contributed by atoms with van der Waals surface area (Å²) >= 11 is 5.90. The van der Waals surface area contributed by atoms with Crippen molar-refractivity contribution in [2.24, 2.45) is 4.99 Å². The van der Waals surface area contributed by atoms with Gasteiger partial charge in [-0.3, -0.25) is 4.99 Å². The third-order valence-corrected chi connectivity index (χ3v) is 4.27. The zero-order valence-corrected chi connectivity index (χ0v) is 19.3. The summed E-state index contributed by atoms with van der Waals surface area (Å²) < 4.78 is 10.5. The molecule has 0 amide bonds. The number of ether oxygens (including phenoxy) is 1. The van der Waals surface area contributed by atoms with Crippen molar-refractivity contribution in [2.45, 2.75) is 13.0 Å². The minimum Gasteiger partial charge on any atom is -0.497 e. The van der Waals surface area contributed by atoms with Crippen molar-refractivity contribution >= 4 is 41.5 Å². The molecular formula is C20H23ClIN5O2. The summed E-state index contributed by atoms with van der Waals surface area (Å²) in [6, 6.07) is 15.2. The van der Waals surface area contributed by atoms with E-state index in [1.807, 2.05) is 36.4 Å². The first-order valence-corrected chi connectivity index (χ1v) is 9.21. The fraction of sp³-hybridized carbons (Fsp3) is 0.250. The number of nitrogens with one attached hydrogen (secondary N) is 2. The molecule has 29 heavy (non-hydrogen) atoms. The topological polar surface area (TPSA) is 84.6 Å². The van der Waals surface area contributed by atoms with Crippen LogP contribution >= 0.6 is 35.6 Å². The summed E-state index contributed by atoms with van der Waals surface area (Å²) in [5.41, 5.74) is 1.97. The molecule has 1 heterocycles. The van der Waals surface area contributed by atoms with Crippen LogP contribution in [-0.2, 0) is 13.0 Å². The number of benzene rings is 2. The fourth-order valence-corrected chi connectivity index (χ4v) is 2.68. The maximum absolute atomic E-state index is 5.90. The highest BCUT2D eigenvalue weighted by Gasteiger charge is 2.09. The van der Waals surface area contributed by atoms with E-state index in [2.05, 4.69) is 25.8 Å². The number of aliphatic imine (C=N–C) groups is 1. The van der Waals surface area contributed by atoms with Crippen LogP contribution < -0.4 is 15.4 Å². The minimum atomic E-state index is 0. The number of methoxy groups -OCH3 is 1. The SMILES string of the molecule is CN=C(NCCc1nc(-c2ccc(Cl)cc2)no1)NCc1cccc(OC)c1.I. The Balaban J connectivity index is 0.00000300. The average molecular weight is 528 g/mol. The third kappa shape index (κ3) is 6.90. The second-order valence-electron chi connectivity index (χ2n) is 5.97. The van der Waals surface area contributed by atoms with Crippen LogP contribution in [0.15, 0.2) is 58.0 Å². The van der Waals surface area contributed by atoms with E-state index in [-0.39, 0.29) is 24.0 Å². The highest BCUT2D eigenvalue weighted by Crippen LogP contribution is 2.18. The Kier molecular flexibility index (Phi) is 9.20. The third-order valence-electron chi connectivity index (χ3n) is 4.02. The molecule has 0 radical (unpaired) electrons. The van der Waals surface area contributed by atoms with Crippen LogP contribution in [0.4, 0.5) is 0 Å². The first-order chi connectivity index (χ1) is 13.7. The number of guanidine groups is 1. The van der Waals surface area contributed by atoms with Gasteiger partial charge < -0.3 is 19.9 Å². The van der Waals surface area contributed by atoms with Crippen LogP contribution in [0.5, 0.6) is 5.75 Å². The van der Waals surface area contributed by atoms with Gasteiger partial charge in [0.1, 0.15) is 5.75 Å². The van der Waals surface area contributed by atoms with E-state index < -0.39 is 0 Å².